The number of piperazine rings is 1. The number of nitrogens with one attached hydrogen (secondary N) is 4. The number of hydrogen-bond acceptors (Lipinski definition) is 15. The van der Waals surface area contributed by atoms with Crippen LogP contribution in [-0.4, -0.2) is 150 Å². The molecule has 25 heteroatoms. The number of thioether (sulfide) groups is 1. The number of imide groups is 2. The van der Waals surface area contributed by atoms with E-state index in [0.29, 0.717) is 63.7 Å². The third-order valence-electron chi connectivity index (χ3n) is 17.3. The molecule has 9 rings (SSSR count). The van der Waals surface area contributed by atoms with Crippen LogP contribution in [-0.2, 0) is 29.4 Å². The molecule has 4 N–H and O–H groups in total. The van der Waals surface area contributed by atoms with E-state index in [0.717, 1.165) is 92.2 Å². The number of hydrogen-bond donors (Lipinski definition) is 4. The minimum atomic E-state index is -6.16. The normalized spacial score (nSPS) is 20.6. The van der Waals surface area contributed by atoms with Crippen molar-refractivity contribution in [2.45, 2.75) is 130 Å². The van der Waals surface area contributed by atoms with Crippen LogP contribution in [0.1, 0.15) is 122 Å². The Morgan fingerprint density at radius 2 is 1.54 bits per heavy atom. The fraction of sp³-hybridized carbons (Fsp3) is 0.500. The highest BCUT2D eigenvalue weighted by molar-refractivity contribution is 7.99. The van der Waals surface area contributed by atoms with Gasteiger partial charge in [-0.25, -0.2) is 30.3 Å². The molecule has 0 radical (unpaired) electrons. The van der Waals surface area contributed by atoms with E-state index in [1.165, 1.54) is 41.1 Å². The Morgan fingerprint density at radius 1 is 0.828 bits per heavy atom. The zero-order valence-electron chi connectivity index (χ0n) is 49.0. The van der Waals surface area contributed by atoms with Gasteiger partial charge in [0.15, 0.2) is 0 Å². The van der Waals surface area contributed by atoms with Crippen molar-refractivity contribution in [2.75, 3.05) is 80.7 Å². The molecule has 5 aliphatic rings. The lowest BCUT2D eigenvalue weighted by Gasteiger charge is -2.44. The molecular weight excluding hydrogens is 1190 g/mol. The van der Waals surface area contributed by atoms with Crippen molar-refractivity contribution in [3.05, 3.63) is 119 Å². The summed E-state index contributed by atoms with van der Waals surface area (Å²) in [6.45, 7) is 9.69. The number of nitrogens with zero attached hydrogens (tertiary/aromatic N) is 4. The Labute approximate surface area is 509 Å². The molecule has 2 saturated heterocycles. The van der Waals surface area contributed by atoms with E-state index in [4.69, 9.17) is 0 Å². The quantitative estimate of drug-likeness (QED) is 0.0151. The molecule has 4 aromatic rings. The number of rotatable bonds is 26. The van der Waals surface area contributed by atoms with Crippen LogP contribution >= 0.6 is 11.8 Å². The van der Waals surface area contributed by atoms with Crippen molar-refractivity contribution >= 4 is 78.2 Å². The Kier molecular flexibility index (Phi) is 20.6. The maximum atomic E-state index is 14.5. The summed E-state index contributed by atoms with van der Waals surface area (Å²) in [5.74, 6) is -3.44. The van der Waals surface area contributed by atoms with Crippen LogP contribution in [0.2, 0.25) is 0 Å². The topological polar surface area (TPSA) is 215 Å². The number of sulfonamides is 1. The molecule has 0 aromatic heterocycles. The van der Waals surface area contributed by atoms with Crippen molar-refractivity contribution in [2.24, 2.45) is 17.3 Å². The van der Waals surface area contributed by atoms with Gasteiger partial charge in [-0.2, -0.15) is 13.2 Å². The molecular formula is C62H75F5N8O9S3. The Morgan fingerprint density at radius 3 is 2.23 bits per heavy atom. The number of fused-ring (bicyclic) bond motifs is 1. The van der Waals surface area contributed by atoms with Crippen LogP contribution in [0.25, 0.3) is 0 Å². The van der Waals surface area contributed by atoms with E-state index in [-0.39, 0.29) is 46.6 Å². The second-order valence-corrected chi connectivity index (χ2v) is 28.8. The third-order valence-corrected chi connectivity index (χ3v) is 21.3. The third kappa shape index (κ3) is 15.7. The first-order valence-corrected chi connectivity index (χ1v) is 33.5. The molecule has 1 saturated carbocycles. The molecule has 3 heterocycles. The summed E-state index contributed by atoms with van der Waals surface area (Å²) in [5.41, 5.74) is -1.85. The van der Waals surface area contributed by atoms with Gasteiger partial charge in [0.2, 0.25) is 18.2 Å². The van der Waals surface area contributed by atoms with Crippen molar-refractivity contribution in [1.82, 2.24) is 24.7 Å². The number of benzene rings is 4. The summed E-state index contributed by atoms with van der Waals surface area (Å²) in [7, 11) is -9.20. The fourth-order valence-electron chi connectivity index (χ4n) is 12.1. The van der Waals surface area contributed by atoms with E-state index in [1.54, 1.807) is 24.3 Å². The number of anilines is 3. The summed E-state index contributed by atoms with van der Waals surface area (Å²) in [6, 6.07) is 20.9. The first kappa shape index (κ1) is 65.0. The predicted molar refractivity (Wildman–Crippen MR) is 323 cm³/mol. The average molecular weight is 1270 g/mol. The van der Waals surface area contributed by atoms with Gasteiger partial charge in [0, 0.05) is 85.2 Å². The lowest BCUT2D eigenvalue weighted by atomic mass is 9.63. The number of amides is 5. The highest BCUT2D eigenvalue weighted by Gasteiger charge is 2.49. The summed E-state index contributed by atoms with van der Waals surface area (Å²) in [6.07, 6.45) is 5.26. The van der Waals surface area contributed by atoms with Crippen molar-refractivity contribution < 1.29 is 62.8 Å². The molecule has 0 bridgehead atoms. The van der Waals surface area contributed by atoms with E-state index in [9.17, 15) is 62.8 Å². The predicted octanol–water partition coefficient (Wildman–Crippen LogP) is 9.99. The van der Waals surface area contributed by atoms with Crippen LogP contribution in [0.3, 0.4) is 0 Å². The summed E-state index contributed by atoms with van der Waals surface area (Å²) < 4.78 is 126. The van der Waals surface area contributed by atoms with Gasteiger partial charge in [-0.3, -0.25) is 39.1 Å². The summed E-state index contributed by atoms with van der Waals surface area (Å²) in [5, 5.41) is 8.44. The molecule has 3 aliphatic heterocycles. The van der Waals surface area contributed by atoms with Gasteiger partial charge in [-0.05, 0) is 156 Å². The summed E-state index contributed by atoms with van der Waals surface area (Å²) >= 11 is 1.40. The van der Waals surface area contributed by atoms with Gasteiger partial charge in [0.25, 0.3) is 37.6 Å². The number of halogens is 5. The molecule has 2 unspecified atom stereocenters. The molecule has 470 valence electrons. The second-order valence-electron chi connectivity index (χ2n) is 24.2. The van der Waals surface area contributed by atoms with E-state index in [1.807, 2.05) is 47.0 Å². The van der Waals surface area contributed by atoms with Gasteiger partial charge < -0.3 is 20.4 Å². The van der Waals surface area contributed by atoms with E-state index < -0.39 is 94.8 Å². The largest absolute Gasteiger partial charge is 0.501 e. The molecule has 4 aromatic carbocycles. The zero-order valence-corrected chi connectivity index (χ0v) is 51.4. The molecule has 3 fully saturated rings. The second kappa shape index (κ2) is 27.5. The lowest BCUT2D eigenvalue weighted by Crippen LogP contribution is -2.54. The average Bonchev–Trinajstić information content (AvgIpc) is 3.40. The van der Waals surface area contributed by atoms with Crippen LogP contribution in [0, 0.1) is 17.3 Å². The number of alkyl halides is 5. The van der Waals surface area contributed by atoms with Crippen LogP contribution in [0.15, 0.2) is 117 Å². The maximum absolute atomic E-state index is 14.5. The Balaban J connectivity index is 0.780. The minimum absolute atomic E-state index is 0.0126. The first-order valence-electron chi connectivity index (χ1n) is 29.6. The van der Waals surface area contributed by atoms with Crippen LogP contribution in [0.5, 0.6) is 0 Å². The lowest BCUT2D eigenvalue weighted by molar-refractivity contribution is -0.136. The van der Waals surface area contributed by atoms with Crippen molar-refractivity contribution in [1.29, 1.82) is 0 Å². The molecule has 2 aliphatic carbocycles. The van der Waals surface area contributed by atoms with Crippen molar-refractivity contribution in [3.63, 3.8) is 0 Å². The highest BCUT2D eigenvalue weighted by atomic mass is 32.2. The first-order chi connectivity index (χ1) is 41.3. The number of piperidine rings is 1. The molecule has 87 heavy (non-hydrogen) atoms. The van der Waals surface area contributed by atoms with E-state index in [2.05, 4.69) is 39.6 Å². The number of allylic oxidation sites excluding steroid dienone is 1. The molecule has 2 atom stereocenters. The molecule has 5 amide bonds. The number of unbranched alkanes of at least 4 members (excludes halogenated alkanes) is 3. The fourth-order valence-corrected chi connectivity index (χ4v) is 15.2. The highest BCUT2D eigenvalue weighted by Crippen LogP contribution is 2.50. The SMILES string of the molecule is CN(CCCCCCNc1cccc2c1C(=O)N(C1CCC(=O)NC1=O)C2=O)CCC(CSc1ccccc1)Nc1ccc(S(=O)(=O)NC(=O)c2ccc(N3CCN(CC4=C(C5CC(C(F)F)C5)CC(C)(C)CC4)CC3)cc2)cc1S(=O)(=O)C(F)(F)F. The number of carbonyl (C=O) groups is 5. The van der Waals surface area contributed by atoms with Crippen LogP contribution < -0.4 is 25.6 Å². The minimum Gasteiger partial charge on any atom is -0.384 e. The van der Waals surface area contributed by atoms with Gasteiger partial charge in [-0.15, -0.1) is 11.8 Å². The van der Waals surface area contributed by atoms with E-state index >= 15 is 0 Å². The molecule has 0 spiro atoms. The van der Waals surface area contributed by atoms with Gasteiger partial charge in [0.05, 0.1) is 21.7 Å². The monoisotopic (exact) mass is 1270 g/mol. The van der Waals surface area contributed by atoms with Gasteiger partial charge in [-0.1, -0.05) is 62.1 Å². The van der Waals surface area contributed by atoms with Gasteiger partial charge >= 0.3 is 5.51 Å². The van der Waals surface area contributed by atoms with Crippen LogP contribution in [0.4, 0.5) is 39.0 Å². The molecule has 17 nitrogen and oxygen atoms in total. The number of carbonyl (C=O) groups excluding carboxylic acids is 5. The Hall–Kier alpha value is -6.41. The summed E-state index contributed by atoms with van der Waals surface area (Å²) in [4.78, 5) is 70.6. The smallest absolute Gasteiger partial charge is 0.384 e. The Bertz CT molecular complexity index is 3450. The maximum Gasteiger partial charge on any atom is 0.501 e. The zero-order chi connectivity index (χ0) is 62.4. The number of sulfone groups is 1. The van der Waals surface area contributed by atoms with Gasteiger partial charge in [0.1, 0.15) is 10.9 Å². The van der Waals surface area contributed by atoms with Crippen molar-refractivity contribution in [3.8, 4) is 0 Å². The standard InChI is InChI=1S/C62H75F5N8O9S3/c1-61(2)26-24-41(49(37-61)42-34-43(35-42)56(63)64)38-73-30-32-74(33-31-73)45-18-16-40(17-19-45)57(77)71-87(83,84)47-20-21-50(53(36-47)86(81,82)62(65,66)67)69-44(39-85-46-12-7-6-8-13-46)25-29-72(3)28-10-5-4-9-27-68-51-15-11-14-48-55(51)60(80)75(59(48)79)52-22-23-54(76)70-58(52)78/h6-8,11-21,36,42-44,52,56,68-69H,4-5,9-10,22-35,37-39H2,1-3H3,(H,71,77)(H,70,76,78).